The van der Waals surface area contributed by atoms with E-state index in [1.807, 2.05) is 13.8 Å². The quantitative estimate of drug-likeness (QED) is 0.610. The van der Waals surface area contributed by atoms with Crippen molar-refractivity contribution < 1.29 is 4.74 Å². The van der Waals surface area contributed by atoms with E-state index < -0.39 is 11.2 Å². The van der Waals surface area contributed by atoms with Gasteiger partial charge in [0.15, 0.2) is 0 Å². The highest BCUT2D eigenvalue weighted by atomic mass is 16.5. The highest BCUT2D eigenvalue weighted by Crippen LogP contribution is 2.30. The van der Waals surface area contributed by atoms with Crippen LogP contribution in [0.4, 0.5) is 5.82 Å². The Hall–Kier alpha value is -3.69. The Morgan fingerprint density at radius 3 is 2.32 bits per heavy atom. The summed E-state index contributed by atoms with van der Waals surface area (Å²) >= 11 is 0. The summed E-state index contributed by atoms with van der Waals surface area (Å²) in [5.41, 5.74) is 6.21. The molecule has 2 heterocycles. The van der Waals surface area contributed by atoms with Gasteiger partial charge in [0.2, 0.25) is 11.7 Å². The third-order valence-corrected chi connectivity index (χ3v) is 4.18. The highest BCUT2D eigenvalue weighted by Gasteiger charge is 2.14. The average Bonchev–Trinajstić information content (AvgIpc) is 2.62. The van der Waals surface area contributed by atoms with Crippen LogP contribution >= 0.6 is 0 Å². The lowest BCUT2D eigenvalue weighted by atomic mass is 10.1. The number of ether oxygens (including phenoxy) is 1. The van der Waals surface area contributed by atoms with Crippen LogP contribution in [0.25, 0.3) is 5.69 Å². The summed E-state index contributed by atoms with van der Waals surface area (Å²) in [5.74, 6) is 0.491. The number of rotatable bonds is 4. The molecule has 0 aliphatic rings. The van der Waals surface area contributed by atoms with E-state index in [1.54, 1.807) is 32.0 Å². The maximum Gasteiger partial charge on any atom is 0.349 e. The number of aromatic amines is 2. The number of nitrogen functional groups attached to an aromatic ring is 1. The molecule has 0 amide bonds. The Bertz CT molecular complexity index is 1200. The van der Waals surface area contributed by atoms with Gasteiger partial charge in [-0.15, -0.1) is 10.2 Å². The van der Waals surface area contributed by atoms with E-state index in [1.165, 1.54) is 0 Å². The molecule has 0 unspecified atom stereocenters. The maximum atomic E-state index is 12.0. The third kappa shape index (κ3) is 3.56. The van der Waals surface area contributed by atoms with Gasteiger partial charge in [0.25, 0.3) is 11.1 Å². The van der Waals surface area contributed by atoms with Gasteiger partial charge in [0.05, 0.1) is 5.69 Å². The zero-order chi connectivity index (χ0) is 20.6. The van der Waals surface area contributed by atoms with Crippen LogP contribution in [0.1, 0.15) is 36.5 Å². The number of hydrogen-bond donors (Lipinski definition) is 3. The minimum atomic E-state index is -0.736. The molecule has 10 heteroatoms. The molecule has 0 saturated heterocycles. The first-order valence-corrected chi connectivity index (χ1v) is 8.55. The van der Waals surface area contributed by atoms with E-state index in [0.717, 1.165) is 4.68 Å². The van der Waals surface area contributed by atoms with Gasteiger partial charge < -0.3 is 10.5 Å². The van der Waals surface area contributed by atoms with Crippen molar-refractivity contribution in [3.05, 3.63) is 66.1 Å². The number of aryl methyl sites for hydroxylation is 2. The SMILES string of the molecule is Cc1cc(-n2nc(N)c(=O)[nH]c2=O)cc(C)c1Oc1cc(C(C)C)c(=O)[nH]n1. The minimum Gasteiger partial charge on any atom is -0.437 e. The molecular formula is C18H20N6O4. The van der Waals surface area contributed by atoms with E-state index in [4.69, 9.17) is 10.5 Å². The van der Waals surface area contributed by atoms with Gasteiger partial charge in [-0.2, -0.15) is 4.68 Å². The number of aromatic nitrogens is 5. The number of hydrogen-bond acceptors (Lipinski definition) is 7. The third-order valence-electron chi connectivity index (χ3n) is 4.18. The summed E-state index contributed by atoms with van der Waals surface area (Å²) in [4.78, 5) is 37.4. The van der Waals surface area contributed by atoms with Crippen LogP contribution in [-0.2, 0) is 0 Å². The molecule has 146 valence electrons. The van der Waals surface area contributed by atoms with Crippen LogP contribution in [0, 0.1) is 13.8 Å². The summed E-state index contributed by atoms with van der Waals surface area (Å²) in [6.07, 6.45) is 0. The molecule has 0 fully saturated rings. The van der Waals surface area contributed by atoms with E-state index in [0.29, 0.717) is 28.1 Å². The molecule has 4 N–H and O–H groups in total. The molecule has 0 aliphatic carbocycles. The Balaban J connectivity index is 2.03. The molecule has 2 aromatic heterocycles. The fourth-order valence-electron chi connectivity index (χ4n) is 2.79. The molecule has 0 bridgehead atoms. The molecule has 0 atom stereocenters. The number of nitrogens with one attached hydrogen (secondary N) is 2. The summed E-state index contributed by atoms with van der Waals surface area (Å²) in [5, 5.41) is 10.2. The first-order valence-electron chi connectivity index (χ1n) is 8.55. The summed E-state index contributed by atoms with van der Waals surface area (Å²) in [6, 6.07) is 4.94. The molecule has 0 saturated carbocycles. The summed E-state index contributed by atoms with van der Waals surface area (Å²) in [6.45, 7) is 7.39. The van der Waals surface area contributed by atoms with Crippen molar-refractivity contribution in [3.63, 3.8) is 0 Å². The first-order chi connectivity index (χ1) is 13.2. The zero-order valence-corrected chi connectivity index (χ0v) is 15.9. The average molecular weight is 384 g/mol. The monoisotopic (exact) mass is 384 g/mol. The van der Waals surface area contributed by atoms with Crippen molar-refractivity contribution in [3.8, 4) is 17.3 Å². The van der Waals surface area contributed by atoms with Crippen molar-refractivity contribution >= 4 is 5.82 Å². The molecule has 0 aliphatic heterocycles. The normalized spacial score (nSPS) is 11.0. The van der Waals surface area contributed by atoms with Gasteiger partial charge in [0.1, 0.15) is 5.75 Å². The van der Waals surface area contributed by atoms with Gasteiger partial charge in [0, 0.05) is 11.6 Å². The van der Waals surface area contributed by atoms with Gasteiger partial charge in [-0.25, -0.2) is 9.89 Å². The second kappa shape index (κ2) is 7.14. The van der Waals surface area contributed by atoms with Crippen LogP contribution in [0.15, 0.2) is 32.6 Å². The molecular weight excluding hydrogens is 364 g/mol. The Kier molecular flexibility index (Phi) is 4.87. The van der Waals surface area contributed by atoms with Crippen molar-refractivity contribution in [2.24, 2.45) is 0 Å². The fourth-order valence-corrected chi connectivity index (χ4v) is 2.79. The number of benzene rings is 1. The Morgan fingerprint density at radius 1 is 1.07 bits per heavy atom. The highest BCUT2D eigenvalue weighted by molar-refractivity contribution is 5.50. The molecule has 0 spiro atoms. The first kappa shape index (κ1) is 19.1. The van der Waals surface area contributed by atoms with E-state index in [-0.39, 0.29) is 23.2 Å². The van der Waals surface area contributed by atoms with Crippen LogP contribution in [0.3, 0.4) is 0 Å². The topological polar surface area (TPSA) is 149 Å². The van der Waals surface area contributed by atoms with Gasteiger partial charge in [-0.1, -0.05) is 13.8 Å². The standard InChI is InChI=1S/C18H20N6O4/c1-8(2)12-7-13(21-22-16(12)25)28-14-9(3)5-11(6-10(14)4)24-18(27)20-17(26)15(19)23-24/h5-8H,1-4H3,(H2,19,23)(H,22,25)(H,20,26,27). The molecule has 3 aromatic rings. The smallest absolute Gasteiger partial charge is 0.349 e. The van der Waals surface area contributed by atoms with Crippen molar-refractivity contribution in [1.29, 1.82) is 0 Å². The maximum absolute atomic E-state index is 12.0. The van der Waals surface area contributed by atoms with E-state index in [9.17, 15) is 14.4 Å². The van der Waals surface area contributed by atoms with Crippen LogP contribution in [-0.4, -0.2) is 25.0 Å². The van der Waals surface area contributed by atoms with Gasteiger partial charge in [-0.3, -0.25) is 14.6 Å². The number of H-pyrrole nitrogens is 2. The van der Waals surface area contributed by atoms with Crippen molar-refractivity contribution in [2.45, 2.75) is 33.6 Å². The molecule has 0 radical (unpaired) electrons. The zero-order valence-electron chi connectivity index (χ0n) is 15.9. The summed E-state index contributed by atoms with van der Waals surface area (Å²) < 4.78 is 6.89. The number of anilines is 1. The van der Waals surface area contributed by atoms with E-state index in [2.05, 4.69) is 20.3 Å². The molecule has 1 aromatic carbocycles. The molecule has 10 nitrogen and oxygen atoms in total. The van der Waals surface area contributed by atoms with Crippen LogP contribution in [0.5, 0.6) is 11.6 Å². The van der Waals surface area contributed by atoms with Gasteiger partial charge in [-0.05, 0) is 43.0 Å². The molecule has 3 rings (SSSR count). The fraction of sp³-hybridized carbons (Fsp3) is 0.278. The predicted molar refractivity (Wildman–Crippen MR) is 103 cm³/mol. The number of nitrogens with two attached hydrogens (primary N) is 1. The minimum absolute atomic E-state index is 0.0160. The van der Waals surface area contributed by atoms with Crippen LogP contribution < -0.4 is 27.3 Å². The lowest BCUT2D eigenvalue weighted by Crippen LogP contribution is -2.33. The largest absolute Gasteiger partial charge is 0.437 e. The second-order valence-electron chi connectivity index (χ2n) is 6.71. The second-order valence-corrected chi connectivity index (χ2v) is 6.71. The lowest BCUT2D eigenvalue weighted by Gasteiger charge is -2.14. The molecule has 28 heavy (non-hydrogen) atoms. The predicted octanol–water partition coefficient (Wildman–Crippen LogP) is 1.12. The number of nitrogens with zero attached hydrogens (tertiary/aromatic N) is 3. The van der Waals surface area contributed by atoms with Crippen molar-refractivity contribution in [1.82, 2.24) is 25.0 Å². The Labute approximate surface area is 159 Å². The summed E-state index contributed by atoms with van der Waals surface area (Å²) in [7, 11) is 0. The van der Waals surface area contributed by atoms with Crippen LogP contribution in [0.2, 0.25) is 0 Å². The van der Waals surface area contributed by atoms with Crippen molar-refractivity contribution in [2.75, 3.05) is 5.73 Å². The lowest BCUT2D eigenvalue weighted by molar-refractivity contribution is 0.445. The van der Waals surface area contributed by atoms with E-state index >= 15 is 0 Å². The van der Waals surface area contributed by atoms with Gasteiger partial charge >= 0.3 is 5.69 Å². The Morgan fingerprint density at radius 2 is 1.71 bits per heavy atom.